The number of thiophene rings is 1. The number of amides is 1. The molecule has 0 spiro atoms. The Hall–Kier alpha value is -1.52. The Balaban J connectivity index is 2.19. The summed E-state index contributed by atoms with van der Waals surface area (Å²) in [4.78, 5) is 14.7. The van der Waals surface area contributed by atoms with Crippen molar-refractivity contribution in [2.75, 3.05) is 5.73 Å². The van der Waals surface area contributed by atoms with E-state index in [0.29, 0.717) is 16.3 Å². The molecule has 0 aliphatic heterocycles. The van der Waals surface area contributed by atoms with E-state index < -0.39 is 0 Å². The minimum Gasteiger partial charge on any atom is -0.399 e. The van der Waals surface area contributed by atoms with Gasteiger partial charge in [0.05, 0.1) is 16.6 Å². The summed E-state index contributed by atoms with van der Waals surface area (Å²) in [6, 6.07) is 6.94. The van der Waals surface area contributed by atoms with Crippen LogP contribution >= 0.6 is 22.9 Å². The molecular formula is C15H17ClN2OS. The van der Waals surface area contributed by atoms with Crippen LogP contribution in [0.5, 0.6) is 0 Å². The number of halogens is 1. The number of nitrogen functional groups attached to an aromatic ring is 1. The van der Waals surface area contributed by atoms with Gasteiger partial charge in [0.2, 0.25) is 0 Å². The summed E-state index contributed by atoms with van der Waals surface area (Å²) < 4.78 is 0. The second-order valence-electron chi connectivity index (χ2n) is 4.80. The number of hydrogen-bond donors (Lipinski definition) is 2. The molecule has 3 nitrogen and oxygen atoms in total. The maximum atomic E-state index is 12.3. The zero-order valence-electron chi connectivity index (χ0n) is 11.7. The molecule has 5 heteroatoms. The average Bonchev–Trinajstić information content (AvgIpc) is 2.71. The van der Waals surface area contributed by atoms with Gasteiger partial charge in [-0.2, -0.15) is 0 Å². The van der Waals surface area contributed by atoms with E-state index in [1.165, 1.54) is 9.75 Å². The Morgan fingerprint density at radius 3 is 2.65 bits per heavy atom. The number of nitrogens with one attached hydrogen (secondary N) is 1. The summed E-state index contributed by atoms with van der Waals surface area (Å²) in [5.74, 6) is -0.210. The molecule has 1 amide bonds. The van der Waals surface area contributed by atoms with Crippen molar-refractivity contribution >= 4 is 34.5 Å². The summed E-state index contributed by atoms with van der Waals surface area (Å²) in [5.41, 5.74) is 7.77. The van der Waals surface area contributed by atoms with Crippen molar-refractivity contribution in [1.82, 2.24) is 5.32 Å². The highest BCUT2D eigenvalue weighted by Crippen LogP contribution is 2.27. The summed E-state index contributed by atoms with van der Waals surface area (Å²) >= 11 is 7.77. The maximum Gasteiger partial charge on any atom is 0.253 e. The van der Waals surface area contributed by atoms with E-state index in [4.69, 9.17) is 17.3 Å². The van der Waals surface area contributed by atoms with Crippen LogP contribution < -0.4 is 11.1 Å². The lowest BCUT2D eigenvalue weighted by Crippen LogP contribution is -2.27. The Bertz CT molecular complexity index is 651. The van der Waals surface area contributed by atoms with Gasteiger partial charge in [0.1, 0.15) is 0 Å². The van der Waals surface area contributed by atoms with Crippen molar-refractivity contribution in [1.29, 1.82) is 0 Å². The molecule has 2 rings (SSSR count). The van der Waals surface area contributed by atoms with E-state index in [1.807, 2.05) is 6.92 Å². The fraction of sp³-hybridized carbons (Fsp3) is 0.267. The van der Waals surface area contributed by atoms with Crippen molar-refractivity contribution in [3.8, 4) is 0 Å². The van der Waals surface area contributed by atoms with Crippen LogP contribution in [0.25, 0.3) is 0 Å². The minimum atomic E-state index is -0.210. The highest BCUT2D eigenvalue weighted by atomic mass is 35.5. The molecule has 2 aromatic rings. The molecular weight excluding hydrogens is 292 g/mol. The van der Waals surface area contributed by atoms with Gasteiger partial charge in [0.15, 0.2) is 0 Å². The minimum absolute atomic E-state index is 0.0649. The van der Waals surface area contributed by atoms with Crippen LogP contribution in [0.2, 0.25) is 5.02 Å². The third kappa shape index (κ3) is 3.14. The second kappa shape index (κ2) is 5.85. The molecule has 0 bridgehead atoms. The second-order valence-corrected chi connectivity index (χ2v) is 6.67. The van der Waals surface area contributed by atoms with Gasteiger partial charge in [-0.1, -0.05) is 11.6 Å². The molecule has 0 saturated carbocycles. The SMILES string of the molecule is Cc1cc(C(C)NC(=O)c2cc(N)ccc2Cl)c(C)s1. The Kier molecular flexibility index (Phi) is 4.35. The van der Waals surface area contributed by atoms with Crippen molar-refractivity contribution in [2.45, 2.75) is 26.8 Å². The molecule has 1 aromatic heterocycles. The summed E-state index contributed by atoms with van der Waals surface area (Å²) in [6.45, 7) is 6.08. The van der Waals surface area contributed by atoms with E-state index in [1.54, 1.807) is 29.5 Å². The third-order valence-corrected chi connectivity index (χ3v) is 4.44. The number of anilines is 1. The Morgan fingerprint density at radius 2 is 2.05 bits per heavy atom. The zero-order chi connectivity index (χ0) is 14.9. The summed E-state index contributed by atoms with van der Waals surface area (Å²) in [5, 5.41) is 3.37. The van der Waals surface area contributed by atoms with Gasteiger partial charge in [-0.3, -0.25) is 4.79 Å². The lowest BCUT2D eigenvalue weighted by molar-refractivity contribution is 0.0940. The van der Waals surface area contributed by atoms with Crippen molar-refractivity contribution in [3.05, 3.63) is 50.2 Å². The number of benzene rings is 1. The van der Waals surface area contributed by atoms with Crippen LogP contribution in [0.3, 0.4) is 0 Å². The van der Waals surface area contributed by atoms with Gasteiger partial charge >= 0.3 is 0 Å². The molecule has 0 radical (unpaired) electrons. The quantitative estimate of drug-likeness (QED) is 0.839. The third-order valence-electron chi connectivity index (χ3n) is 3.13. The first-order valence-electron chi connectivity index (χ1n) is 6.31. The van der Waals surface area contributed by atoms with Crippen LogP contribution in [-0.4, -0.2) is 5.91 Å². The predicted molar refractivity (Wildman–Crippen MR) is 85.5 cm³/mol. The molecule has 0 saturated heterocycles. The highest BCUT2D eigenvalue weighted by molar-refractivity contribution is 7.12. The molecule has 1 atom stereocenters. The van der Waals surface area contributed by atoms with Crippen LogP contribution in [0, 0.1) is 13.8 Å². The molecule has 20 heavy (non-hydrogen) atoms. The largest absolute Gasteiger partial charge is 0.399 e. The first-order chi connectivity index (χ1) is 9.38. The lowest BCUT2D eigenvalue weighted by Gasteiger charge is -2.15. The smallest absolute Gasteiger partial charge is 0.253 e. The molecule has 1 aromatic carbocycles. The van der Waals surface area contributed by atoms with Gasteiger partial charge in [-0.05, 0) is 50.6 Å². The summed E-state index contributed by atoms with van der Waals surface area (Å²) in [6.07, 6.45) is 0. The topological polar surface area (TPSA) is 55.1 Å². The highest BCUT2D eigenvalue weighted by Gasteiger charge is 2.17. The van der Waals surface area contributed by atoms with E-state index >= 15 is 0 Å². The number of nitrogens with two attached hydrogens (primary N) is 1. The van der Waals surface area contributed by atoms with E-state index in [0.717, 1.165) is 5.56 Å². The standard InChI is InChI=1S/C15H17ClN2OS/c1-8-6-12(10(3)20-8)9(2)18-15(19)13-7-11(17)4-5-14(13)16/h4-7,9H,17H2,1-3H3,(H,18,19). The van der Waals surface area contributed by atoms with E-state index in [9.17, 15) is 4.79 Å². The molecule has 0 fully saturated rings. The van der Waals surface area contributed by atoms with Crippen LogP contribution in [0.4, 0.5) is 5.69 Å². The fourth-order valence-corrected chi connectivity index (χ4v) is 3.38. The Morgan fingerprint density at radius 1 is 1.35 bits per heavy atom. The number of rotatable bonds is 3. The zero-order valence-corrected chi connectivity index (χ0v) is 13.2. The van der Waals surface area contributed by atoms with Gasteiger partial charge < -0.3 is 11.1 Å². The van der Waals surface area contributed by atoms with Gasteiger partial charge in [-0.25, -0.2) is 0 Å². The normalized spacial score (nSPS) is 12.2. The van der Waals surface area contributed by atoms with Crippen LogP contribution in [0.15, 0.2) is 24.3 Å². The van der Waals surface area contributed by atoms with Crippen LogP contribution in [-0.2, 0) is 0 Å². The predicted octanol–water partition coefficient (Wildman–Crippen LogP) is 4.09. The van der Waals surface area contributed by atoms with Crippen molar-refractivity contribution in [2.24, 2.45) is 0 Å². The molecule has 106 valence electrons. The number of hydrogen-bond acceptors (Lipinski definition) is 3. The number of carbonyl (C=O) groups is 1. The molecule has 1 heterocycles. The molecule has 3 N–H and O–H groups in total. The summed E-state index contributed by atoms with van der Waals surface area (Å²) in [7, 11) is 0. The molecule has 1 unspecified atom stereocenters. The Labute approximate surface area is 127 Å². The molecule has 0 aliphatic rings. The van der Waals surface area contributed by atoms with Gasteiger partial charge in [0.25, 0.3) is 5.91 Å². The van der Waals surface area contributed by atoms with Crippen LogP contribution in [0.1, 0.15) is 38.6 Å². The number of aryl methyl sites for hydroxylation is 2. The first-order valence-corrected chi connectivity index (χ1v) is 7.50. The van der Waals surface area contributed by atoms with Gasteiger partial charge in [-0.15, -0.1) is 11.3 Å². The maximum absolute atomic E-state index is 12.3. The fourth-order valence-electron chi connectivity index (χ4n) is 2.15. The first kappa shape index (κ1) is 14.9. The average molecular weight is 309 g/mol. The van der Waals surface area contributed by atoms with Crippen molar-refractivity contribution in [3.63, 3.8) is 0 Å². The number of carbonyl (C=O) groups excluding carboxylic acids is 1. The molecule has 0 aliphatic carbocycles. The van der Waals surface area contributed by atoms with E-state index in [2.05, 4.69) is 25.2 Å². The van der Waals surface area contributed by atoms with Gasteiger partial charge in [0, 0.05) is 15.4 Å². The van der Waals surface area contributed by atoms with E-state index in [-0.39, 0.29) is 11.9 Å². The monoisotopic (exact) mass is 308 g/mol. The lowest BCUT2D eigenvalue weighted by atomic mass is 10.1. The van der Waals surface area contributed by atoms with Crippen molar-refractivity contribution < 1.29 is 4.79 Å².